The maximum absolute atomic E-state index is 11.1. The maximum Gasteiger partial charge on any atom is 0.330 e. The molecule has 76 valence electrons. The second-order valence-corrected chi connectivity index (χ2v) is 2.17. The van der Waals surface area contributed by atoms with Gasteiger partial charge in [0.2, 0.25) is 5.91 Å². The highest BCUT2D eigenvalue weighted by molar-refractivity contribution is 5.96. The van der Waals surface area contributed by atoms with Gasteiger partial charge in [-0.05, 0) is 0 Å². The highest BCUT2D eigenvalue weighted by atomic mass is 16.7. The second kappa shape index (κ2) is 5.52. The van der Waals surface area contributed by atoms with Crippen LogP contribution in [0.2, 0.25) is 0 Å². The van der Waals surface area contributed by atoms with Crippen LogP contribution in [-0.2, 0) is 19.2 Å². The Hall–Kier alpha value is -2.11. The van der Waals surface area contributed by atoms with E-state index in [0.29, 0.717) is 5.06 Å². The largest absolute Gasteiger partial charge is 0.366 e. The van der Waals surface area contributed by atoms with Crippen molar-refractivity contribution in [1.29, 1.82) is 0 Å². The number of hydroxylamine groups is 2. The Bertz CT molecular complexity index is 296. The number of hydrogen-bond donors (Lipinski definition) is 1. The van der Waals surface area contributed by atoms with E-state index in [0.717, 1.165) is 25.3 Å². The van der Waals surface area contributed by atoms with Gasteiger partial charge in [-0.3, -0.25) is 9.59 Å². The summed E-state index contributed by atoms with van der Waals surface area (Å²) in [5.74, 6) is -2.18. The molecule has 0 saturated carbocycles. The fraction of sp³-hybridized carbons (Fsp3) is 0.125. The lowest BCUT2D eigenvalue weighted by molar-refractivity contribution is -0.182. The summed E-state index contributed by atoms with van der Waals surface area (Å²) in [4.78, 5) is 36.3. The predicted octanol–water partition coefficient (Wildman–Crippen LogP) is -0.522. The Kier molecular flexibility index (Phi) is 4.69. The number of carbonyl (C=O) groups is 3. The first-order valence-electron chi connectivity index (χ1n) is 3.59. The van der Waals surface area contributed by atoms with E-state index >= 15 is 0 Å². The van der Waals surface area contributed by atoms with Crippen molar-refractivity contribution < 1.29 is 19.2 Å². The molecular formula is C8H10N2O4. The van der Waals surface area contributed by atoms with Crippen molar-refractivity contribution in [3.8, 4) is 0 Å². The van der Waals surface area contributed by atoms with Gasteiger partial charge in [0, 0.05) is 25.3 Å². The van der Waals surface area contributed by atoms with Crippen molar-refractivity contribution in [1.82, 2.24) is 5.06 Å². The van der Waals surface area contributed by atoms with Gasteiger partial charge in [-0.1, -0.05) is 6.58 Å². The predicted molar refractivity (Wildman–Crippen MR) is 47.1 cm³/mol. The SMILES string of the molecule is C=CN(OC(C)=O)C(=O)/C=C/C(N)=O. The molecule has 0 unspecified atom stereocenters. The van der Waals surface area contributed by atoms with Crippen LogP contribution in [0.5, 0.6) is 0 Å². The number of primary amides is 1. The minimum absolute atomic E-state index is 0.585. The molecule has 0 spiro atoms. The standard InChI is InChI=1S/C8H10N2O4/c1-3-10(14-6(2)11)8(13)5-4-7(9)12/h3-5H,1H2,2H3,(H2,9,12)/b5-4+. The Morgan fingerprint density at radius 2 is 1.93 bits per heavy atom. The van der Waals surface area contributed by atoms with Gasteiger partial charge in [-0.2, -0.15) is 0 Å². The third-order valence-electron chi connectivity index (χ3n) is 1.00. The molecule has 0 atom stereocenters. The zero-order valence-electron chi connectivity index (χ0n) is 7.60. The summed E-state index contributed by atoms with van der Waals surface area (Å²) < 4.78 is 0. The molecule has 14 heavy (non-hydrogen) atoms. The highest BCUT2D eigenvalue weighted by Gasteiger charge is 2.09. The van der Waals surface area contributed by atoms with Crippen molar-refractivity contribution in [3.05, 3.63) is 24.9 Å². The average Bonchev–Trinajstić information content (AvgIpc) is 2.09. The molecule has 0 rings (SSSR count). The first-order chi connectivity index (χ1) is 6.47. The lowest BCUT2D eigenvalue weighted by atomic mass is 10.4. The molecule has 0 aliphatic heterocycles. The van der Waals surface area contributed by atoms with Gasteiger partial charge in [0.25, 0.3) is 5.91 Å². The van der Waals surface area contributed by atoms with Crippen molar-refractivity contribution in [2.45, 2.75) is 6.92 Å². The normalized spacial score (nSPS) is 9.50. The highest BCUT2D eigenvalue weighted by Crippen LogP contribution is 1.94. The minimum atomic E-state index is -0.773. The summed E-state index contributed by atoms with van der Waals surface area (Å²) in [7, 11) is 0. The zero-order valence-corrected chi connectivity index (χ0v) is 7.60. The van der Waals surface area contributed by atoms with Crippen molar-refractivity contribution in [2.75, 3.05) is 0 Å². The van der Waals surface area contributed by atoms with Crippen LogP contribution < -0.4 is 5.73 Å². The van der Waals surface area contributed by atoms with Gasteiger partial charge in [0.05, 0.1) is 0 Å². The number of carbonyl (C=O) groups excluding carboxylic acids is 3. The first-order valence-corrected chi connectivity index (χ1v) is 3.59. The molecule has 0 aliphatic carbocycles. The van der Waals surface area contributed by atoms with Gasteiger partial charge in [0.15, 0.2) is 0 Å². The average molecular weight is 198 g/mol. The Balaban J connectivity index is 4.39. The van der Waals surface area contributed by atoms with E-state index in [1.165, 1.54) is 0 Å². The summed E-state index contributed by atoms with van der Waals surface area (Å²) in [6.07, 6.45) is 2.71. The third-order valence-corrected chi connectivity index (χ3v) is 1.00. The molecule has 0 aromatic carbocycles. The lowest BCUT2D eigenvalue weighted by Gasteiger charge is -2.12. The molecule has 6 heteroatoms. The van der Waals surface area contributed by atoms with E-state index in [-0.39, 0.29) is 0 Å². The second-order valence-electron chi connectivity index (χ2n) is 2.17. The van der Waals surface area contributed by atoms with Gasteiger partial charge >= 0.3 is 5.97 Å². The van der Waals surface area contributed by atoms with E-state index in [4.69, 9.17) is 5.73 Å². The van der Waals surface area contributed by atoms with E-state index in [1.54, 1.807) is 0 Å². The van der Waals surface area contributed by atoms with Crippen LogP contribution in [0.25, 0.3) is 0 Å². The van der Waals surface area contributed by atoms with Crippen LogP contribution in [0.3, 0.4) is 0 Å². The van der Waals surface area contributed by atoms with Crippen LogP contribution in [-0.4, -0.2) is 22.8 Å². The number of nitrogens with two attached hydrogens (primary N) is 1. The Morgan fingerprint density at radius 3 is 2.29 bits per heavy atom. The van der Waals surface area contributed by atoms with E-state index < -0.39 is 17.8 Å². The molecule has 6 nitrogen and oxygen atoms in total. The van der Waals surface area contributed by atoms with Crippen molar-refractivity contribution in [2.24, 2.45) is 5.73 Å². The summed E-state index contributed by atoms with van der Waals surface area (Å²) in [6, 6.07) is 0. The van der Waals surface area contributed by atoms with E-state index in [2.05, 4.69) is 11.4 Å². The van der Waals surface area contributed by atoms with Gasteiger partial charge in [0.1, 0.15) is 0 Å². The van der Waals surface area contributed by atoms with Crippen LogP contribution in [0.1, 0.15) is 6.92 Å². The zero-order chi connectivity index (χ0) is 11.1. The third kappa shape index (κ3) is 4.70. The van der Waals surface area contributed by atoms with Gasteiger partial charge < -0.3 is 10.6 Å². The molecule has 0 bridgehead atoms. The van der Waals surface area contributed by atoms with Crippen molar-refractivity contribution >= 4 is 17.8 Å². The van der Waals surface area contributed by atoms with E-state index in [9.17, 15) is 14.4 Å². The number of nitrogens with zero attached hydrogens (tertiary/aromatic N) is 1. The molecule has 0 heterocycles. The Morgan fingerprint density at radius 1 is 1.36 bits per heavy atom. The molecule has 2 amide bonds. The maximum atomic E-state index is 11.1. The number of rotatable bonds is 3. The fourth-order valence-corrected chi connectivity index (χ4v) is 0.538. The molecule has 0 aromatic heterocycles. The molecule has 0 fully saturated rings. The number of amides is 2. The molecule has 0 aliphatic rings. The van der Waals surface area contributed by atoms with Crippen LogP contribution in [0.4, 0.5) is 0 Å². The Labute approximate surface area is 80.6 Å². The molecule has 2 N–H and O–H groups in total. The summed E-state index contributed by atoms with van der Waals surface area (Å²) >= 11 is 0. The fourth-order valence-electron chi connectivity index (χ4n) is 0.538. The summed E-state index contributed by atoms with van der Waals surface area (Å²) in [5.41, 5.74) is 4.75. The van der Waals surface area contributed by atoms with Gasteiger partial charge in [-0.25, -0.2) is 4.79 Å². The molecule has 0 saturated heterocycles. The monoisotopic (exact) mass is 198 g/mol. The quantitative estimate of drug-likeness (QED) is 0.488. The summed E-state index contributed by atoms with van der Waals surface area (Å²) in [5, 5.41) is 0.585. The molecule has 0 radical (unpaired) electrons. The lowest BCUT2D eigenvalue weighted by Crippen LogP contribution is -2.26. The molecule has 0 aromatic rings. The van der Waals surface area contributed by atoms with Crippen LogP contribution >= 0.6 is 0 Å². The van der Waals surface area contributed by atoms with Crippen LogP contribution in [0.15, 0.2) is 24.9 Å². The van der Waals surface area contributed by atoms with E-state index in [1.807, 2.05) is 0 Å². The van der Waals surface area contributed by atoms with Crippen molar-refractivity contribution in [3.63, 3.8) is 0 Å². The first kappa shape index (κ1) is 11.9. The van der Waals surface area contributed by atoms with Gasteiger partial charge in [-0.15, -0.1) is 5.06 Å². The smallest absolute Gasteiger partial charge is 0.330 e. The summed E-state index contributed by atoms with van der Waals surface area (Å²) in [6.45, 7) is 4.37. The minimum Gasteiger partial charge on any atom is -0.366 e. The topological polar surface area (TPSA) is 89.7 Å². The van der Waals surface area contributed by atoms with Crippen LogP contribution in [0, 0.1) is 0 Å². The molecular weight excluding hydrogens is 188 g/mol. The number of hydrogen-bond acceptors (Lipinski definition) is 4.